The molecule has 1 aliphatic heterocycles. The predicted octanol–water partition coefficient (Wildman–Crippen LogP) is 0.196. The van der Waals surface area contributed by atoms with Gasteiger partial charge in [0.1, 0.15) is 0 Å². The van der Waals surface area contributed by atoms with Crippen molar-refractivity contribution in [2.75, 3.05) is 13.2 Å². The summed E-state index contributed by atoms with van der Waals surface area (Å²) in [6.45, 7) is 3.14. The molecule has 0 aromatic carbocycles. The molecule has 5 nitrogen and oxygen atoms in total. The molecule has 0 spiro atoms. The molecule has 1 saturated heterocycles. The molecular formula is C8H16N2O3. The summed E-state index contributed by atoms with van der Waals surface area (Å²) in [7, 11) is 0. The van der Waals surface area contributed by atoms with Gasteiger partial charge in [0.15, 0.2) is 6.29 Å². The molecule has 0 aliphatic carbocycles. The zero-order valence-corrected chi connectivity index (χ0v) is 7.79. The Labute approximate surface area is 77.6 Å². The molecule has 3 N–H and O–H groups in total. The third-order valence-corrected chi connectivity index (χ3v) is 1.93. The van der Waals surface area contributed by atoms with E-state index in [1.807, 2.05) is 6.92 Å². The summed E-state index contributed by atoms with van der Waals surface area (Å²) in [5.41, 5.74) is 5.02. The van der Waals surface area contributed by atoms with Crippen molar-refractivity contribution in [1.82, 2.24) is 5.32 Å². The largest absolute Gasteiger partial charge is 0.352 e. The van der Waals surface area contributed by atoms with Gasteiger partial charge < -0.3 is 20.5 Å². The van der Waals surface area contributed by atoms with Crippen LogP contribution in [0.2, 0.25) is 0 Å². The van der Waals surface area contributed by atoms with Crippen LogP contribution in [0.3, 0.4) is 0 Å². The maximum Gasteiger partial charge on any atom is 0.312 e. The average molecular weight is 188 g/mol. The standard InChI is InChI=1S/C8H16N2O3/c1-2-12-7-6(10-8(9)11)4-3-5-13-7/h6-7H,2-5H2,1H3,(H3,9,10,11). The molecular weight excluding hydrogens is 172 g/mol. The number of nitrogens with one attached hydrogen (secondary N) is 1. The van der Waals surface area contributed by atoms with E-state index in [-0.39, 0.29) is 12.3 Å². The lowest BCUT2D eigenvalue weighted by Gasteiger charge is -2.31. The number of carbonyl (C=O) groups is 1. The lowest BCUT2D eigenvalue weighted by Crippen LogP contribution is -2.50. The maximum absolute atomic E-state index is 10.6. The zero-order chi connectivity index (χ0) is 9.68. The van der Waals surface area contributed by atoms with Crippen LogP contribution in [-0.2, 0) is 9.47 Å². The summed E-state index contributed by atoms with van der Waals surface area (Å²) in [5.74, 6) is 0. The van der Waals surface area contributed by atoms with Crippen molar-refractivity contribution in [1.29, 1.82) is 0 Å². The monoisotopic (exact) mass is 188 g/mol. The number of rotatable bonds is 3. The fourth-order valence-corrected chi connectivity index (χ4v) is 1.41. The Bertz CT molecular complexity index is 173. The number of hydrogen-bond acceptors (Lipinski definition) is 3. The summed E-state index contributed by atoms with van der Waals surface area (Å²) >= 11 is 0. The molecule has 13 heavy (non-hydrogen) atoms. The van der Waals surface area contributed by atoms with Gasteiger partial charge in [-0.25, -0.2) is 4.79 Å². The maximum atomic E-state index is 10.6. The molecule has 0 radical (unpaired) electrons. The molecule has 2 unspecified atom stereocenters. The third kappa shape index (κ3) is 3.20. The van der Waals surface area contributed by atoms with Crippen LogP contribution in [0.15, 0.2) is 0 Å². The van der Waals surface area contributed by atoms with E-state index in [1.165, 1.54) is 0 Å². The van der Waals surface area contributed by atoms with Crippen LogP contribution in [0.4, 0.5) is 4.79 Å². The molecule has 2 amide bonds. The summed E-state index contributed by atoms with van der Waals surface area (Å²) in [4.78, 5) is 10.6. The number of ether oxygens (including phenoxy) is 2. The first-order chi connectivity index (χ1) is 6.24. The SMILES string of the molecule is CCOC1OCCCC1NC(N)=O. The Hall–Kier alpha value is -0.810. The molecule has 1 heterocycles. The van der Waals surface area contributed by atoms with Gasteiger partial charge in [-0.15, -0.1) is 0 Å². The molecule has 0 saturated carbocycles. The molecule has 0 bridgehead atoms. The van der Waals surface area contributed by atoms with Crippen molar-refractivity contribution in [3.8, 4) is 0 Å². The van der Waals surface area contributed by atoms with E-state index in [0.717, 1.165) is 12.8 Å². The summed E-state index contributed by atoms with van der Waals surface area (Å²) < 4.78 is 10.6. The fourth-order valence-electron chi connectivity index (χ4n) is 1.41. The highest BCUT2D eigenvalue weighted by Gasteiger charge is 2.26. The van der Waals surface area contributed by atoms with E-state index in [0.29, 0.717) is 13.2 Å². The molecule has 1 aliphatic rings. The Morgan fingerprint density at radius 3 is 3.15 bits per heavy atom. The zero-order valence-electron chi connectivity index (χ0n) is 7.79. The van der Waals surface area contributed by atoms with Gasteiger partial charge in [-0.05, 0) is 19.8 Å². The van der Waals surface area contributed by atoms with E-state index in [9.17, 15) is 4.79 Å². The molecule has 1 rings (SSSR count). The molecule has 0 aromatic rings. The van der Waals surface area contributed by atoms with Crippen molar-refractivity contribution < 1.29 is 14.3 Å². The summed E-state index contributed by atoms with van der Waals surface area (Å²) in [5, 5.41) is 2.61. The van der Waals surface area contributed by atoms with E-state index in [4.69, 9.17) is 15.2 Å². The minimum atomic E-state index is -0.528. The van der Waals surface area contributed by atoms with Crippen molar-refractivity contribution in [2.45, 2.75) is 32.1 Å². The van der Waals surface area contributed by atoms with Crippen LogP contribution >= 0.6 is 0 Å². The van der Waals surface area contributed by atoms with Crippen molar-refractivity contribution in [3.63, 3.8) is 0 Å². The van der Waals surface area contributed by atoms with Crippen molar-refractivity contribution >= 4 is 6.03 Å². The van der Waals surface area contributed by atoms with Gasteiger partial charge in [0.2, 0.25) is 0 Å². The molecule has 0 aromatic heterocycles. The van der Waals surface area contributed by atoms with Crippen LogP contribution in [0.1, 0.15) is 19.8 Å². The van der Waals surface area contributed by atoms with E-state index < -0.39 is 6.03 Å². The van der Waals surface area contributed by atoms with E-state index in [2.05, 4.69) is 5.32 Å². The van der Waals surface area contributed by atoms with Gasteiger partial charge >= 0.3 is 6.03 Å². The predicted molar refractivity (Wildman–Crippen MR) is 47.1 cm³/mol. The number of amides is 2. The van der Waals surface area contributed by atoms with Crippen LogP contribution in [0.5, 0.6) is 0 Å². The highest BCUT2D eigenvalue weighted by molar-refractivity contribution is 5.72. The Balaban J connectivity index is 2.41. The first-order valence-electron chi connectivity index (χ1n) is 4.53. The lowest BCUT2D eigenvalue weighted by molar-refractivity contribution is -0.173. The summed E-state index contributed by atoms with van der Waals surface area (Å²) in [6.07, 6.45) is 1.44. The first-order valence-corrected chi connectivity index (χ1v) is 4.53. The van der Waals surface area contributed by atoms with Gasteiger partial charge in [-0.3, -0.25) is 0 Å². The van der Waals surface area contributed by atoms with Crippen LogP contribution in [0, 0.1) is 0 Å². The normalized spacial score (nSPS) is 28.4. The highest BCUT2D eigenvalue weighted by Crippen LogP contribution is 2.14. The minimum Gasteiger partial charge on any atom is -0.352 e. The van der Waals surface area contributed by atoms with E-state index >= 15 is 0 Å². The van der Waals surface area contributed by atoms with Crippen molar-refractivity contribution in [2.24, 2.45) is 5.73 Å². The number of hydrogen-bond donors (Lipinski definition) is 2. The average Bonchev–Trinajstić information content (AvgIpc) is 2.08. The number of primary amides is 1. The Morgan fingerprint density at radius 1 is 1.77 bits per heavy atom. The first kappa shape index (κ1) is 10.3. The second-order valence-corrected chi connectivity index (χ2v) is 2.95. The second-order valence-electron chi connectivity index (χ2n) is 2.95. The fraction of sp³-hybridized carbons (Fsp3) is 0.875. The quantitative estimate of drug-likeness (QED) is 0.664. The topological polar surface area (TPSA) is 73.6 Å². The van der Waals surface area contributed by atoms with E-state index in [1.54, 1.807) is 0 Å². The van der Waals surface area contributed by atoms with Crippen LogP contribution < -0.4 is 11.1 Å². The summed E-state index contributed by atoms with van der Waals surface area (Å²) in [6, 6.07) is -0.633. The van der Waals surface area contributed by atoms with Gasteiger partial charge in [0.25, 0.3) is 0 Å². The Morgan fingerprint density at radius 2 is 2.54 bits per heavy atom. The van der Waals surface area contributed by atoms with Gasteiger partial charge in [0.05, 0.1) is 6.04 Å². The number of nitrogens with two attached hydrogens (primary N) is 1. The minimum absolute atomic E-state index is 0.105. The van der Waals surface area contributed by atoms with Crippen LogP contribution in [-0.4, -0.2) is 31.6 Å². The van der Waals surface area contributed by atoms with Gasteiger partial charge in [0, 0.05) is 13.2 Å². The molecule has 5 heteroatoms. The van der Waals surface area contributed by atoms with Gasteiger partial charge in [-0.2, -0.15) is 0 Å². The molecule has 1 fully saturated rings. The van der Waals surface area contributed by atoms with Gasteiger partial charge in [-0.1, -0.05) is 0 Å². The van der Waals surface area contributed by atoms with Crippen molar-refractivity contribution in [3.05, 3.63) is 0 Å². The number of urea groups is 1. The molecule has 76 valence electrons. The number of carbonyl (C=O) groups excluding carboxylic acids is 1. The molecule has 2 atom stereocenters. The second kappa shape index (κ2) is 5.04. The van der Waals surface area contributed by atoms with Crippen LogP contribution in [0.25, 0.3) is 0 Å². The highest BCUT2D eigenvalue weighted by atomic mass is 16.7. The smallest absolute Gasteiger partial charge is 0.312 e. The lowest BCUT2D eigenvalue weighted by atomic mass is 10.1. The third-order valence-electron chi connectivity index (χ3n) is 1.93. The Kier molecular flexibility index (Phi) is 3.98.